The standard InChI is InChI=1S/C15H18N2O3S/c1-16-11-12-6-3-4-9-15(12)17-21(18,19)14-8-5-7-13(10-14)20-2/h3-10,16-17H,11H2,1-2H3. The molecule has 5 nitrogen and oxygen atoms in total. The molecular weight excluding hydrogens is 288 g/mol. The van der Waals surface area contributed by atoms with Crippen LogP contribution in [0.1, 0.15) is 5.56 Å². The molecule has 0 bridgehead atoms. The van der Waals surface area contributed by atoms with Gasteiger partial charge in [-0.3, -0.25) is 4.72 Å². The van der Waals surface area contributed by atoms with Crippen molar-refractivity contribution in [1.82, 2.24) is 5.32 Å². The van der Waals surface area contributed by atoms with Crippen LogP contribution in [-0.4, -0.2) is 22.6 Å². The predicted octanol–water partition coefficient (Wildman–Crippen LogP) is 2.22. The zero-order chi connectivity index (χ0) is 15.3. The molecule has 0 atom stereocenters. The second-order valence-corrected chi connectivity index (χ2v) is 6.15. The molecule has 6 heteroatoms. The van der Waals surface area contributed by atoms with Gasteiger partial charge in [-0.1, -0.05) is 24.3 Å². The number of hydrogen-bond acceptors (Lipinski definition) is 4. The topological polar surface area (TPSA) is 67.4 Å². The van der Waals surface area contributed by atoms with E-state index in [1.165, 1.54) is 19.2 Å². The Morgan fingerprint density at radius 1 is 1.10 bits per heavy atom. The van der Waals surface area contributed by atoms with Crippen LogP contribution < -0.4 is 14.8 Å². The SMILES string of the molecule is CNCc1ccccc1NS(=O)(=O)c1cccc(OC)c1. The third-order valence-electron chi connectivity index (χ3n) is 2.98. The van der Waals surface area contributed by atoms with Crippen molar-refractivity contribution in [3.8, 4) is 5.75 Å². The van der Waals surface area contributed by atoms with E-state index in [9.17, 15) is 8.42 Å². The Hall–Kier alpha value is -2.05. The fraction of sp³-hybridized carbons (Fsp3) is 0.200. The largest absolute Gasteiger partial charge is 0.497 e. The summed E-state index contributed by atoms with van der Waals surface area (Å²) in [6.07, 6.45) is 0. The number of rotatable bonds is 6. The first-order chi connectivity index (χ1) is 10.1. The molecule has 2 rings (SSSR count). The van der Waals surface area contributed by atoms with E-state index in [0.717, 1.165) is 5.56 Å². The quantitative estimate of drug-likeness (QED) is 0.858. The number of ether oxygens (including phenoxy) is 1. The summed E-state index contributed by atoms with van der Waals surface area (Å²) in [6, 6.07) is 13.7. The van der Waals surface area contributed by atoms with E-state index in [0.29, 0.717) is 18.0 Å². The van der Waals surface area contributed by atoms with Crippen molar-refractivity contribution in [3.05, 3.63) is 54.1 Å². The van der Waals surface area contributed by atoms with Crippen LogP contribution in [0.4, 0.5) is 5.69 Å². The number of methoxy groups -OCH3 is 1. The first-order valence-corrected chi connectivity index (χ1v) is 7.94. The van der Waals surface area contributed by atoms with Gasteiger partial charge >= 0.3 is 0 Å². The van der Waals surface area contributed by atoms with Crippen molar-refractivity contribution in [2.45, 2.75) is 11.4 Å². The predicted molar refractivity (Wildman–Crippen MR) is 83.0 cm³/mol. The lowest BCUT2D eigenvalue weighted by molar-refractivity contribution is 0.413. The monoisotopic (exact) mass is 306 g/mol. The zero-order valence-corrected chi connectivity index (χ0v) is 12.8. The molecule has 0 heterocycles. The van der Waals surface area contributed by atoms with Gasteiger partial charge in [0, 0.05) is 12.6 Å². The van der Waals surface area contributed by atoms with Gasteiger partial charge in [-0.15, -0.1) is 0 Å². The van der Waals surface area contributed by atoms with Crippen LogP contribution in [0, 0.1) is 0 Å². The Bertz CT molecular complexity index is 714. The molecule has 0 unspecified atom stereocenters. The molecule has 0 saturated heterocycles. The second kappa shape index (κ2) is 6.60. The normalized spacial score (nSPS) is 11.1. The summed E-state index contributed by atoms with van der Waals surface area (Å²) in [7, 11) is -0.330. The molecule has 0 aliphatic carbocycles. The maximum absolute atomic E-state index is 12.4. The number of para-hydroxylation sites is 1. The lowest BCUT2D eigenvalue weighted by Crippen LogP contribution is -2.16. The highest BCUT2D eigenvalue weighted by molar-refractivity contribution is 7.92. The summed E-state index contributed by atoms with van der Waals surface area (Å²) in [4.78, 5) is 0.168. The molecular formula is C15H18N2O3S. The fourth-order valence-corrected chi connectivity index (χ4v) is 3.07. The van der Waals surface area contributed by atoms with Crippen LogP contribution >= 0.6 is 0 Å². The fourth-order valence-electron chi connectivity index (χ4n) is 1.94. The van der Waals surface area contributed by atoms with Crippen molar-refractivity contribution < 1.29 is 13.2 Å². The van der Waals surface area contributed by atoms with Crippen molar-refractivity contribution in [1.29, 1.82) is 0 Å². The van der Waals surface area contributed by atoms with Crippen LogP contribution in [0.15, 0.2) is 53.4 Å². The first-order valence-electron chi connectivity index (χ1n) is 6.46. The minimum absolute atomic E-state index is 0.168. The maximum Gasteiger partial charge on any atom is 0.262 e. The van der Waals surface area contributed by atoms with E-state index >= 15 is 0 Å². The van der Waals surface area contributed by atoms with Gasteiger partial charge in [-0.2, -0.15) is 0 Å². The Morgan fingerprint density at radius 2 is 1.86 bits per heavy atom. The molecule has 21 heavy (non-hydrogen) atoms. The van der Waals surface area contributed by atoms with E-state index in [4.69, 9.17) is 4.74 Å². The van der Waals surface area contributed by atoms with Crippen molar-refractivity contribution in [3.63, 3.8) is 0 Å². The molecule has 112 valence electrons. The molecule has 0 amide bonds. The lowest BCUT2D eigenvalue weighted by atomic mass is 10.2. The van der Waals surface area contributed by atoms with Crippen LogP contribution in [0.5, 0.6) is 5.75 Å². The molecule has 0 aliphatic heterocycles. The second-order valence-electron chi connectivity index (χ2n) is 4.47. The molecule has 0 radical (unpaired) electrons. The molecule has 2 aromatic rings. The summed E-state index contributed by atoms with van der Waals surface area (Å²) in [5.74, 6) is 0.501. The van der Waals surface area contributed by atoms with Crippen LogP contribution in [0.2, 0.25) is 0 Å². The molecule has 0 saturated carbocycles. The maximum atomic E-state index is 12.4. The first kappa shape index (κ1) is 15.3. The van der Waals surface area contributed by atoms with Gasteiger partial charge in [0.25, 0.3) is 10.0 Å². The summed E-state index contributed by atoms with van der Waals surface area (Å²) >= 11 is 0. The summed E-state index contributed by atoms with van der Waals surface area (Å²) in [5, 5.41) is 3.01. The Morgan fingerprint density at radius 3 is 2.57 bits per heavy atom. The van der Waals surface area contributed by atoms with Crippen LogP contribution in [-0.2, 0) is 16.6 Å². The Kier molecular flexibility index (Phi) is 4.82. The van der Waals surface area contributed by atoms with E-state index < -0.39 is 10.0 Å². The highest BCUT2D eigenvalue weighted by atomic mass is 32.2. The average Bonchev–Trinajstić information content (AvgIpc) is 2.49. The molecule has 0 fully saturated rings. The average molecular weight is 306 g/mol. The van der Waals surface area contributed by atoms with Crippen molar-refractivity contribution in [2.75, 3.05) is 18.9 Å². The Balaban J connectivity index is 2.33. The smallest absolute Gasteiger partial charge is 0.262 e. The highest BCUT2D eigenvalue weighted by Gasteiger charge is 2.16. The van der Waals surface area contributed by atoms with Crippen molar-refractivity contribution in [2.24, 2.45) is 0 Å². The summed E-state index contributed by atoms with van der Waals surface area (Å²) in [6.45, 7) is 0.580. The van der Waals surface area contributed by atoms with E-state index in [-0.39, 0.29) is 4.90 Å². The van der Waals surface area contributed by atoms with Gasteiger partial charge in [0.2, 0.25) is 0 Å². The lowest BCUT2D eigenvalue weighted by Gasteiger charge is -2.13. The number of hydrogen-bond donors (Lipinski definition) is 2. The molecule has 0 spiro atoms. The van der Waals surface area contributed by atoms with E-state index in [2.05, 4.69) is 10.0 Å². The zero-order valence-electron chi connectivity index (χ0n) is 12.0. The number of sulfonamides is 1. The minimum Gasteiger partial charge on any atom is -0.497 e. The summed E-state index contributed by atoms with van der Waals surface area (Å²) in [5.41, 5.74) is 1.45. The minimum atomic E-state index is -3.64. The number of benzene rings is 2. The molecule has 2 aromatic carbocycles. The van der Waals surface area contributed by atoms with Gasteiger partial charge in [0.05, 0.1) is 17.7 Å². The number of nitrogens with one attached hydrogen (secondary N) is 2. The van der Waals surface area contributed by atoms with Gasteiger partial charge in [0.1, 0.15) is 5.75 Å². The molecule has 2 N–H and O–H groups in total. The van der Waals surface area contributed by atoms with Crippen LogP contribution in [0.25, 0.3) is 0 Å². The van der Waals surface area contributed by atoms with Gasteiger partial charge < -0.3 is 10.1 Å². The third kappa shape index (κ3) is 3.74. The van der Waals surface area contributed by atoms with Gasteiger partial charge in [-0.05, 0) is 30.8 Å². The van der Waals surface area contributed by atoms with E-state index in [1.807, 2.05) is 19.2 Å². The number of anilines is 1. The Labute approximate surface area is 125 Å². The molecule has 0 aliphatic rings. The highest BCUT2D eigenvalue weighted by Crippen LogP contribution is 2.22. The van der Waals surface area contributed by atoms with Crippen LogP contribution in [0.3, 0.4) is 0 Å². The van der Waals surface area contributed by atoms with Gasteiger partial charge in [0.15, 0.2) is 0 Å². The molecule has 0 aromatic heterocycles. The third-order valence-corrected chi connectivity index (χ3v) is 4.34. The van der Waals surface area contributed by atoms with Gasteiger partial charge in [-0.25, -0.2) is 8.42 Å². The van der Waals surface area contributed by atoms with Crippen molar-refractivity contribution >= 4 is 15.7 Å². The van der Waals surface area contributed by atoms with E-state index in [1.54, 1.807) is 24.3 Å². The summed E-state index contributed by atoms with van der Waals surface area (Å²) < 4.78 is 32.6.